The summed E-state index contributed by atoms with van der Waals surface area (Å²) in [6.45, 7) is 3.38. The summed E-state index contributed by atoms with van der Waals surface area (Å²) in [6.07, 6.45) is 8.26. The second-order valence-corrected chi connectivity index (χ2v) is 6.65. The zero-order valence-electron chi connectivity index (χ0n) is 12.8. The third kappa shape index (κ3) is 4.67. The molecule has 2 heterocycles. The van der Waals surface area contributed by atoms with Crippen LogP contribution in [0.3, 0.4) is 0 Å². The molecule has 1 aromatic rings. The highest BCUT2D eigenvalue weighted by atomic mass is 35.5. The van der Waals surface area contributed by atoms with Crippen LogP contribution in [0.2, 0.25) is 5.02 Å². The molecule has 2 aliphatic rings. The smallest absolute Gasteiger partial charge is 0.267 e. The molecule has 2 fully saturated rings. The third-order valence-corrected chi connectivity index (χ3v) is 4.51. The maximum absolute atomic E-state index is 11.0. The molecule has 1 aliphatic carbocycles. The van der Waals surface area contributed by atoms with E-state index in [9.17, 15) is 4.79 Å². The summed E-state index contributed by atoms with van der Waals surface area (Å²) in [5.74, 6) is 0.997. The van der Waals surface area contributed by atoms with Crippen molar-refractivity contribution in [3.8, 4) is 0 Å². The molecule has 1 aliphatic heterocycles. The first-order chi connectivity index (χ1) is 11.1. The van der Waals surface area contributed by atoms with Crippen molar-refractivity contribution in [1.29, 1.82) is 0 Å². The van der Waals surface area contributed by atoms with Crippen LogP contribution in [-0.2, 0) is 4.79 Å². The van der Waals surface area contributed by atoms with Gasteiger partial charge < -0.3 is 10.2 Å². The Morgan fingerprint density at radius 1 is 1.48 bits per heavy atom. The number of anilines is 1. The topological polar surface area (TPSA) is 77.5 Å². The number of carbonyl (C=O) groups excluding carboxylic acids is 1. The van der Waals surface area contributed by atoms with Gasteiger partial charge in [-0.3, -0.25) is 10.0 Å². The molecule has 3 rings (SSSR count). The molecule has 0 bridgehead atoms. The van der Waals surface area contributed by atoms with E-state index in [1.165, 1.54) is 30.9 Å². The number of amides is 1. The van der Waals surface area contributed by atoms with Gasteiger partial charge in [0, 0.05) is 37.9 Å². The largest absolute Gasteiger partial charge is 0.365 e. The van der Waals surface area contributed by atoms with E-state index in [0.717, 1.165) is 25.4 Å². The molecule has 7 heteroatoms. The van der Waals surface area contributed by atoms with E-state index in [1.54, 1.807) is 18.3 Å². The van der Waals surface area contributed by atoms with Gasteiger partial charge in [-0.15, -0.1) is 0 Å². The average molecular weight is 337 g/mol. The van der Waals surface area contributed by atoms with Crippen LogP contribution in [0.4, 0.5) is 5.82 Å². The first kappa shape index (κ1) is 16.2. The van der Waals surface area contributed by atoms with Crippen LogP contribution in [0.15, 0.2) is 18.3 Å². The fourth-order valence-corrected chi connectivity index (χ4v) is 3.06. The maximum atomic E-state index is 11.0. The molecule has 0 unspecified atom stereocenters. The molecule has 23 heavy (non-hydrogen) atoms. The summed E-state index contributed by atoms with van der Waals surface area (Å²) in [5, 5.41) is 12.4. The molecule has 1 saturated carbocycles. The second kappa shape index (κ2) is 7.29. The highest BCUT2D eigenvalue weighted by Gasteiger charge is 2.29. The van der Waals surface area contributed by atoms with Gasteiger partial charge in [-0.05, 0) is 42.9 Å². The van der Waals surface area contributed by atoms with Crippen LogP contribution < -0.4 is 10.8 Å². The van der Waals surface area contributed by atoms with Crippen molar-refractivity contribution in [3.63, 3.8) is 0 Å². The molecular formula is C16H21ClN4O2. The fraction of sp³-hybridized carbons (Fsp3) is 0.500. The van der Waals surface area contributed by atoms with Gasteiger partial charge in [0.2, 0.25) is 0 Å². The summed E-state index contributed by atoms with van der Waals surface area (Å²) >= 11 is 6.27. The van der Waals surface area contributed by atoms with Gasteiger partial charge in [-0.1, -0.05) is 11.6 Å². The van der Waals surface area contributed by atoms with Gasteiger partial charge >= 0.3 is 0 Å². The quantitative estimate of drug-likeness (QED) is 0.421. The number of carbonyl (C=O) groups is 1. The van der Waals surface area contributed by atoms with Crippen molar-refractivity contribution < 1.29 is 10.0 Å². The minimum Gasteiger partial charge on any atom is -0.365 e. The molecule has 1 aromatic heterocycles. The van der Waals surface area contributed by atoms with Crippen molar-refractivity contribution in [2.24, 2.45) is 5.92 Å². The van der Waals surface area contributed by atoms with E-state index >= 15 is 0 Å². The first-order valence-electron chi connectivity index (χ1n) is 7.90. The lowest BCUT2D eigenvalue weighted by Crippen LogP contribution is -2.28. The van der Waals surface area contributed by atoms with Crippen LogP contribution in [0.25, 0.3) is 6.08 Å². The zero-order valence-corrected chi connectivity index (χ0v) is 13.6. The van der Waals surface area contributed by atoms with Crippen molar-refractivity contribution in [3.05, 3.63) is 28.9 Å². The lowest BCUT2D eigenvalue weighted by molar-refractivity contribution is -0.124. The van der Waals surface area contributed by atoms with E-state index in [1.807, 2.05) is 0 Å². The monoisotopic (exact) mass is 336 g/mol. The van der Waals surface area contributed by atoms with Crippen LogP contribution in [0, 0.1) is 5.92 Å². The number of rotatable bonds is 6. The lowest BCUT2D eigenvalue weighted by Gasteiger charge is -2.17. The van der Waals surface area contributed by atoms with Crippen LogP contribution in [-0.4, -0.2) is 46.7 Å². The van der Waals surface area contributed by atoms with Gasteiger partial charge in [0.25, 0.3) is 5.91 Å². The summed E-state index contributed by atoms with van der Waals surface area (Å²) < 4.78 is 0. The molecule has 1 saturated heterocycles. The van der Waals surface area contributed by atoms with E-state index in [0.29, 0.717) is 22.4 Å². The Labute approximate surface area is 140 Å². The van der Waals surface area contributed by atoms with Gasteiger partial charge in [0.1, 0.15) is 5.82 Å². The second-order valence-electron chi connectivity index (χ2n) is 6.24. The minimum absolute atomic E-state index is 0.375. The zero-order chi connectivity index (χ0) is 16.2. The number of halogens is 1. The predicted molar refractivity (Wildman–Crippen MR) is 89.4 cm³/mol. The van der Waals surface area contributed by atoms with Crippen molar-refractivity contribution in [1.82, 2.24) is 15.4 Å². The van der Waals surface area contributed by atoms with Crippen LogP contribution in [0.1, 0.15) is 24.8 Å². The minimum atomic E-state index is -0.593. The Kier molecular flexibility index (Phi) is 5.15. The van der Waals surface area contributed by atoms with Crippen molar-refractivity contribution in [2.45, 2.75) is 25.3 Å². The summed E-state index contributed by atoms with van der Waals surface area (Å²) in [7, 11) is 0. The van der Waals surface area contributed by atoms with E-state index in [-0.39, 0.29) is 0 Å². The highest BCUT2D eigenvalue weighted by Crippen LogP contribution is 2.31. The average Bonchev–Trinajstić information content (AvgIpc) is 3.25. The lowest BCUT2D eigenvalue weighted by atomic mass is 10.2. The molecule has 3 N–H and O–H groups in total. The van der Waals surface area contributed by atoms with E-state index in [4.69, 9.17) is 16.8 Å². The maximum Gasteiger partial charge on any atom is 0.267 e. The number of hydrogen-bond donors (Lipinski definition) is 3. The molecule has 124 valence electrons. The predicted octanol–water partition coefficient (Wildman–Crippen LogP) is 2.15. The molecule has 0 radical (unpaired) electrons. The SMILES string of the molecule is O=C(C=Cc1cnc(N[C@@H]2CCN(CC3CC3)C2)c(Cl)c1)NO. The number of hydrogen-bond acceptors (Lipinski definition) is 5. The highest BCUT2D eigenvalue weighted by molar-refractivity contribution is 6.33. The first-order valence-corrected chi connectivity index (χ1v) is 8.28. The number of hydroxylamine groups is 1. The molecule has 1 amide bonds. The van der Waals surface area contributed by atoms with Crippen molar-refractivity contribution in [2.75, 3.05) is 25.0 Å². The molecular weight excluding hydrogens is 316 g/mol. The number of pyridine rings is 1. The number of nitrogens with zero attached hydrogens (tertiary/aromatic N) is 2. The molecule has 0 aromatic carbocycles. The van der Waals surface area contributed by atoms with Crippen molar-refractivity contribution >= 4 is 29.4 Å². The Hall–Kier alpha value is -1.63. The molecule has 1 atom stereocenters. The summed E-state index contributed by atoms with van der Waals surface area (Å²) in [4.78, 5) is 17.8. The van der Waals surface area contributed by atoms with E-state index < -0.39 is 5.91 Å². The Balaban J connectivity index is 1.55. The Morgan fingerprint density at radius 3 is 3.00 bits per heavy atom. The Bertz CT molecular complexity index is 604. The number of nitrogens with one attached hydrogen (secondary N) is 2. The molecule has 0 spiro atoms. The van der Waals surface area contributed by atoms with Gasteiger partial charge in [0.15, 0.2) is 0 Å². The normalized spacial score (nSPS) is 21.7. The summed E-state index contributed by atoms with van der Waals surface area (Å²) in [6, 6.07) is 2.12. The van der Waals surface area contributed by atoms with Gasteiger partial charge in [0.05, 0.1) is 5.02 Å². The molecule has 6 nitrogen and oxygen atoms in total. The fourth-order valence-electron chi connectivity index (χ4n) is 2.83. The van der Waals surface area contributed by atoms with Crippen LogP contribution in [0.5, 0.6) is 0 Å². The third-order valence-electron chi connectivity index (χ3n) is 4.23. The Morgan fingerprint density at radius 2 is 2.30 bits per heavy atom. The van der Waals surface area contributed by atoms with Crippen LogP contribution >= 0.6 is 11.6 Å². The van der Waals surface area contributed by atoms with Gasteiger partial charge in [-0.25, -0.2) is 10.5 Å². The van der Waals surface area contributed by atoms with E-state index in [2.05, 4.69) is 15.2 Å². The van der Waals surface area contributed by atoms with Gasteiger partial charge in [-0.2, -0.15) is 0 Å². The standard InChI is InChI=1S/C16H21ClN4O2/c17-14-7-12(3-4-15(22)20-23)8-18-16(14)19-13-5-6-21(10-13)9-11-1-2-11/h3-4,7-8,11,13,23H,1-2,5-6,9-10H2,(H,18,19)(H,20,22)/t13-/m1/s1. The number of aromatic nitrogens is 1. The summed E-state index contributed by atoms with van der Waals surface area (Å²) in [5.41, 5.74) is 2.24. The number of likely N-dealkylation sites (tertiary alicyclic amines) is 1.